The summed E-state index contributed by atoms with van der Waals surface area (Å²) in [6.45, 7) is 3.28. The molecule has 4 atom stereocenters. The second-order valence-corrected chi connectivity index (χ2v) is 5.07. The molecular formula is C8H16O4S. The van der Waals surface area contributed by atoms with Gasteiger partial charge in [-0.25, -0.2) is 0 Å². The minimum absolute atomic E-state index is 0.293. The Balaban J connectivity index is 2.71. The van der Waals surface area contributed by atoms with Crippen molar-refractivity contribution in [2.24, 2.45) is 0 Å². The molecule has 0 amide bonds. The molecule has 0 radical (unpaired) electrons. The summed E-state index contributed by atoms with van der Waals surface area (Å²) in [4.78, 5) is 0. The lowest BCUT2D eigenvalue weighted by Crippen LogP contribution is -2.41. The maximum atomic E-state index is 9.56. The number of thiol groups is 1. The molecule has 1 fully saturated rings. The van der Waals surface area contributed by atoms with E-state index in [1.54, 1.807) is 13.8 Å². The molecule has 0 aromatic heterocycles. The smallest absolute Gasteiger partial charge is 0.111 e. The van der Waals surface area contributed by atoms with Gasteiger partial charge in [0.25, 0.3) is 0 Å². The van der Waals surface area contributed by atoms with Crippen LogP contribution < -0.4 is 0 Å². The number of aliphatic hydroxyl groups excluding tert-OH is 3. The summed E-state index contributed by atoms with van der Waals surface area (Å²) in [5, 5.41) is 27.8. The van der Waals surface area contributed by atoms with Crippen LogP contribution in [-0.2, 0) is 4.74 Å². The Bertz CT molecular complexity index is 179. The Morgan fingerprint density at radius 2 is 1.85 bits per heavy atom. The molecule has 0 aromatic carbocycles. The van der Waals surface area contributed by atoms with Crippen LogP contribution in [0, 0.1) is 0 Å². The van der Waals surface area contributed by atoms with E-state index in [1.807, 2.05) is 0 Å². The van der Waals surface area contributed by atoms with Gasteiger partial charge in [0.2, 0.25) is 0 Å². The molecule has 1 aliphatic heterocycles. The third kappa shape index (κ3) is 2.16. The van der Waals surface area contributed by atoms with E-state index in [2.05, 4.69) is 12.6 Å². The van der Waals surface area contributed by atoms with Crippen molar-refractivity contribution in [3.05, 3.63) is 0 Å². The highest BCUT2D eigenvalue weighted by atomic mass is 32.1. The normalized spacial score (nSPS) is 41.1. The van der Waals surface area contributed by atoms with Crippen molar-refractivity contribution in [2.75, 3.05) is 6.61 Å². The lowest BCUT2D eigenvalue weighted by atomic mass is 9.98. The summed E-state index contributed by atoms with van der Waals surface area (Å²) in [5.41, 5.74) is 0. The standard InChI is InChI=1S/C8H16O4S/c1-8(2,13)7-6(11)5(10)4(3-9)12-7/h4-7,9-11,13H,3H2,1-2H3/t4-,5+,6-,7?/m1/s1. The number of rotatable bonds is 2. The van der Waals surface area contributed by atoms with Gasteiger partial charge < -0.3 is 20.1 Å². The van der Waals surface area contributed by atoms with Gasteiger partial charge in [0, 0.05) is 4.75 Å². The van der Waals surface area contributed by atoms with Gasteiger partial charge >= 0.3 is 0 Å². The summed E-state index contributed by atoms with van der Waals surface area (Å²) in [6, 6.07) is 0. The molecular weight excluding hydrogens is 192 g/mol. The molecule has 1 unspecified atom stereocenters. The van der Waals surface area contributed by atoms with Crippen molar-refractivity contribution in [3.63, 3.8) is 0 Å². The Morgan fingerprint density at radius 3 is 2.08 bits per heavy atom. The maximum Gasteiger partial charge on any atom is 0.111 e. The lowest BCUT2D eigenvalue weighted by Gasteiger charge is -2.27. The van der Waals surface area contributed by atoms with Crippen LogP contribution in [0.15, 0.2) is 0 Å². The Morgan fingerprint density at radius 1 is 1.31 bits per heavy atom. The van der Waals surface area contributed by atoms with E-state index in [9.17, 15) is 10.2 Å². The van der Waals surface area contributed by atoms with Crippen molar-refractivity contribution in [1.29, 1.82) is 0 Å². The van der Waals surface area contributed by atoms with Crippen LogP contribution in [-0.4, -0.2) is 51.1 Å². The Hall–Kier alpha value is 0.190. The van der Waals surface area contributed by atoms with Gasteiger partial charge in [0.05, 0.1) is 6.61 Å². The van der Waals surface area contributed by atoms with E-state index in [1.165, 1.54) is 0 Å². The summed E-state index contributed by atoms with van der Waals surface area (Å²) < 4.78 is 4.74. The molecule has 4 nitrogen and oxygen atoms in total. The second-order valence-electron chi connectivity index (χ2n) is 3.91. The van der Waals surface area contributed by atoms with E-state index in [0.717, 1.165) is 0 Å². The van der Waals surface area contributed by atoms with Crippen molar-refractivity contribution >= 4 is 12.6 Å². The minimum Gasteiger partial charge on any atom is -0.394 e. The monoisotopic (exact) mass is 208 g/mol. The molecule has 13 heavy (non-hydrogen) atoms. The first kappa shape index (κ1) is 11.3. The highest BCUT2D eigenvalue weighted by Gasteiger charge is 2.47. The van der Waals surface area contributed by atoms with Gasteiger partial charge in [0.1, 0.15) is 24.4 Å². The fraction of sp³-hybridized carbons (Fsp3) is 1.00. The Kier molecular flexibility index (Phi) is 3.24. The molecule has 0 bridgehead atoms. The number of hydrogen-bond acceptors (Lipinski definition) is 5. The first-order chi connectivity index (χ1) is 5.88. The van der Waals surface area contributed by atoms with Gasteiger partial charge in [-0.15, -0.1) is 0 Å². The van der Waals surface area contributed by atoms with E-state index in [-0.39, 0.29) is 6.61 Å². The predicted molar refractivity (Wildman–Crippen MR) is 50.8 cm³/mol. The van der Waals surface area contributed by atoms with Gasteiger partial charge in [-0.05, 0) is 13.8 Å². The van der Waals surface area contributed by atoms with Gasteiger partial charge in [0.15, 0.2) is 0 Å². The first-order valence-electron chi connectivity index (χ1n) is 4.22. The average molecular weight is 208 g/mol. The van der Waals surface area contributed by atoms with Crippen LogP contribution in [0.4, 0.5) is 0 Å². The van der Waals surface area contributed by atoms with Crippen LogP contribution in [0.2, 0.25) is 0 Å². The van der Waals surface area contributed by atoms with Gasteiger partial charge in [-0.1, -0.05) is 0 Å². The van der Waals surface area contributed by atoms with Gasteiger partial charge in [-0.3, -0.25) is 0 Å². The van der Waals surface area contributed by atoms with E-state index < -0.39 is 29.2 Å². The fourth-order valence-corrected chi connectivity index (χ4v) is 1.70. The fourth-order valence-electron chi connectivity index (χ4n) is 1.48. The maximum absolute atomic E-state index is 9.56. The van der Waals surface area contributed by atoms with E-state index in [4.69, 9.17) is 9.84 Å². The zero-order valence-corrected chi connectivity index (χ0v) is 8.61. The summed E-state index contributed by atoms with van der Waals surface area (Å²) in [7, 11) is 0. The summed E-state index contributed by atoms with van der Waals surface area (Å²) in [5.74, 6) is 0. The zero-order chi connectivity index (χ0) is 10.2. The largest absolute Gasteiger partial charge is 0.394 e. The Labute approximate surface area is 82.9 Å². The van der Waals surface area contributed by atoms with Crippen molar-refractivity contribution in [1.82, 2.24) is 0 Å². The minimum atomic E-state index is -1.03. The molecule has 5 heteroatoms. The SMILES string of the molecule is CC(C)(S)C1O[C@H](CO)[C@H](O)[C@H]1O. The third-order valence-electron chi connectivity index (χ3n) is 2.24. The number of ether oxygens (including phenoxy) is 1. The van der Waals surface area contributed by atoms with E-state index >= 15 is 0 Å². The zero-order valence-electron chi connectivity index (χ0n) is 7.71. The van der Waals surface area contributed by atoms with Gasteiger partial charge in [-0.2, -0.15) is 12.6 Å². The molecule has 0 aliphatic carbocycles. The molecule has 0 saturated carbocycles. The lowest BCUT2D eigenvalue weighted by molar-refractivity contribution is -0.0302. The topological polar surface area (TPSA) is 69.9 Å². The first-order valence-corrected chi connectivity index (χ1v) is 4.67. The van der Waals surface area contributed by atoms with Crippen molar-refractivity contribution in [2.45, 2.75) is 43.0 Å². The average Bonchev–Trinajstić information content (AvgIpc) is 2.28. The summed E-state index contributed by atoms with van der Waals surface area (Å²) in [6.07, 6.45) is -3.26. The highest BCUT2D eigenvalue weighted by molar-refractivity contribution is 7.81. The second kappa shape index (κ2) is 3.74. The van der Waals surface area contributed by atoms with Crippen LogP contribution in [0.1, 0.15) is 13.8 Å². The van der Waals surface area contributed by atoms with Crippen LogP contribution in [0.3, 0.4) is 0 Å². The van der Waals surface area contributed by atoms with Crippen LogP contribution in [0.5, 0.6) is 0 Å². The predicted octanol–water partition coefficient (Wildman–Crippen LogP) is -0.824. The molecule has 0 aromatic rings. The number of hydrogen-bond donors (Lipinski definition) is 4. The molecule has 1 heterocycles. The molecule has 1 rings (SSSR count). The quantitative estimate of drug-likeness (QED) is 0.447. The van der Waals surface area contributed by atoms with Crippen molar-refractivity contribution < 1.29 is 20.1 Å². The molecule has 0 spiro atoms. The number of aliphatic hydroxyl groups is 3. The van der Waals surface area contributed by atoms with Crippen LogP contribution >= 0.6 is 12.6 Å². The highest BCUT2D eigenvalue weighted by Crippen LogP contribution is 2.32. The molecule has 1 saturated heterocycles. The van der Waals surface area contributed by atoms with Crippen molar-refractivity contribution in [3.8, 4) is 0 Å². The molecule has 3 N–H and O–H groups in total. The van der Waals surface area contributed by atoms with Crippen LogP contribution in [0.25, 0.3) is 0 Å². The van der Waals surface area contributed by atoms with E-state index in [0.29, 0.717) is 0 Å². The molecule has 1 aliphatic rings. The summed E-state index contributed by atoms with van der Waals surface area (Å²) >= 11 is 4.25. The third-order valence-corrected chi connectivity index (χ3v) is 2.49. The molecule has 78 valence electrons.